The van der Waals surface area contributed by atoms with E-state index in [1.807, 2.05) is 0 Å². The van der Waals surface area contributed by atoms with E-state index >= 15 is 0 Å². The second kappa shape index (κ2) is 5.85. The van der Waals surface area contributed by atoms with Gasteiger partial charge in [-0.3, -0.25) is 13.9 Å². The van der Waals surface area contributed by atoms with Crippen molar-refractivity contribution in [2.24, 2.45) is 14.0 Å². The Kier molecular flexibility index (Phi) is 2.06. The molecule has 2 aromatic heterocycles. The fourth-order valence-corrected chi connectivity index (χ4v) is 1.99. The van der Waals surface area contributed by atoms with Crippen LogP contribution in [0.15, 0.2) is 9.59 Å². The molecule has 0 saturated carbocycles. The number of aromatic nitrogens is 4. The number of aryl methyl sites for hydroxylation is 3. The third-order valence-corrected chi connectivity index (χ3v) is 3.05. The number of nitrogens with zero attached hydrogens (tertiary/aromatic N) is 4. The lowest BCUT2D eigenvalue weighted by Crippen LogP contribution is -2.39. The lowest BCUT2D eigenvalue weighted by atomic mass is 10.2. The molecule has 2 rings (SSSR count). The van der Waals surface area contributed by atoms with E-state index in [0.29, 0.717) is 9.13 Å². The predicted molar refractivity (Wildman–Crippen MR) is 80.5 cm³/mol. The first-order valence-electron chi connectivity index (χ1n) is 10.8. The van der Waals surface area contributed by atoms with Crippen LogP contribution in [0.2, 0.25) is 0 Å². The molecule has 1 N–H and O–H groups in total. The number of rotatable bonds is 5. The van der Waals surface area contributed by atoms with Crippen molar-refractivity contribution in [1.29, 1.82) is 0 Å². The van der Waals surface area contributed by atoms with Crippen molar-refractivity contribution in [1.82, 2.24) is 18.7 Å². The molecule has 2 aromatic rings. The van der Waals surface area contributed by atoms with Crippen molar-refractivity contribution in [3.05, 3.63) is 26.7 Å². The summed E-state index contributed by atoms with van der Waals surface area (Å²) in [5, 5.41) is 9.58. The Hall–Kier alpha value is -1.89. The first kappa shape index (κ1) is 7.40. The van der Waals surface area contributed by atoms with Crippen molar-refractivity contribution >= 4 is 11.2 Å². The monoisotopic (exact) mass is 303 g/mol. The van der Waals surface area contributed by atoms with E-state index in [0.717, 1.165) is 6.92 Å². The van der Waals surface area contributed by atoms with Gasteiger partial charge in [-0.15, -0.1) is 0 Å². The summed E-state index contributed by atoms with van der Waals surface area (Å²) in [6, 6.07) is 0. The van der Waals surface area contributed by atoms with Gasteiger partial charge >= 0.3 is 5.69 Å². The Bertz CT molecular complexity index is 1070. The maximum Gasteiger partial charge on any atom is 0.332 e. The van der Waals surface area contributed by atoms with Gasteiger partial charge in [0.25, 0.3) is 5.56 Å². The highest BCUT2D eigenvalue weighted by atomic mass is 16.3. The molecular formula is C14H22N4O3. The average Bonchev–Trinajstić information content (AvgIpc) is 2.84. The average molecular weight is 303 g/mol. The lowest BCUT2D eigenvalue weighted by molar-refractivity contribution is 0.180. The van der Waals surface area contributed by atoms with Crippen LogP contribution in [0, 0.1) is 6.92 Å². The van der Waals surface area contributed by atoms with Gasteiger partial charge in [-0.2, -0.15) is 0 Å². The van der Waals surface area contributed by atoms with Crippen molar-refractivity contribution in [2.45, 2.75) is 45.7 Å². The molecule has 0 fully saturated rings. The Morgan fingerprint density at radius 3 is 2.71 bits per heavy atom. The largest absolute Gasteiger partial charge is 0.393 e. The zero-order valence-corrected chi connectivity index (χ0v) is 11.7. The summed E-state index contributed by atoms with van der Waals surface area (Å²) in [6.45, 7) is -4.18. The Morgan fingerprint density at radius 2 is 2.10 bits per heavy atom. The molecule has 0 aromatic carbocycles. The minimum Gasteiger partial charge on any atom is -0.393 e. The molecule has 7 nitrogen and oxygen atoms in total. The number of fused-ring (bicyclic) bond motifs is 1. The summed E-state index contributed by atoms with van der Waals surface area (Å²) >= 11 is 0. The molecule has 2 heterocycles. The summed E-state index contributed by atoms with van der Waals surface area (Å²) in [4.78, 5) is 29.5. The smallest absolute Gasteiger partial charge is 0.332 e. The summed E-state index contributed by atoms with van der Waals surface area (Å²) in [6.07, 6.45) is -5.43. The number of imidazole rings is 1. The molecule has 1 atom stereocenters. The van der Waals surface area contributed by atoms with Crippen LogP contribution in [0.3, 0.4) is 0 Å². The summed E-state index contributed by atoms with van der Waals surface area (Å²) in [5.74, 6) is -0.182. The van der Waals surface area contributed by atoms with Gasteiger partial charge in [0.05, 0.1) is 7.45 Å². The van der Waals surface area contributed by atoms with Crippen LogP contribution in [-0.2, 0) is 20.5 Å². The van der Waals surface area contributed by atoms with Crippen molar-refractivity contribution in [3.8, 4) is 0 Å². The van der Waals surface area contributed by atoms with E-state index in [1.165, 1.54) is 6.92 Å². The van der Waals surface area contributed by atoms with E-state index in [9.17, 15) is 14.7 Å². The lowest BCUT2D eigenvalue weighted by Gasteiger charge is -2.09. The maximum absolute atomic E-state index is 12.9. The van der Waals surface area contributed by atoms with Gasteiger partial charge in [-0.25, -0.2) is 9.78 Å². The van der Waals surface area contributed by atoms with Gasteiger partial charge in [0.1, 0.15) is 5.82 Å². The van der Waals surface area contributed by atoms with Crippen LogP contribution in [0.4, 0.5) is 0 Å². The molecule has 7 heteroatoms. The SMILES string of the molecule is [2H]C([2H])([2H])n1c(C)nc2c1c(=O)n(CCCC([2H])([2H])[C@@]([2H])(C)O)c(=O)n2C([2H])([2H])[2H]. The standard InChI is InChI=1S/C14H22N4O3/c1-9(19)7-5-6-8-18-13(20)11-12(17(4)14(18)21)15-10(2)16(11)3/h9,19H,5-8H2,1-4H3/t9-/m1/s1/i3D3,4D3,7D2,9D. The molecule has 21 heavy (non-hydrogen) atoms. The molecule has 0 bridgehead atoms. The minimum absolute atomic E-state index is 0.182. The van der Waals surface area contributed by atoms with Crippen molar-refractivity contribution < 1.29 is 17.4 Å². The molecule has 0 radical (unpaired) electrons. The highest BCUT2D eigenvalue weighted by Gasteiger charge is 2.16. The number of aliphatic hydroxyl groups is 1. The molecule has 0 aliphatic rings. The third kappa shape index (κ3) is 2.78. The van der Waals surface area contributed by atoms with Gasteiger partial charge in [0, 0.05) is 31.5 Å². The topological polar surface area (TPSA) is 82.1 Å². The number of hydrogen-bond donors (Lipinski definition) is 1. The third-order valence-electron chi connectivity index (χ3n) is 3.05. The quantitative estimate of drug-likeness (QED) is 0.861. The summed E-state index contributed by atoms with van der Waals surface area (Å²) in [5.41, 5.74) is -3.50. The first-order valence-corrected chi connectivity index (χ1v) is 6.29. The van der Waals surface area contributed by atoms with E-state index in [4.69, 9.17) is 12.3 Å². The van der Waals surface area contributed by atoms with Gasteiger partial charge in [0.2, 0.25) is 0 Å². The van der Waals surface area contributed by atoms with Crippen LogP contribution < -0.4 is 11.2 Å². The highest BCUT2D eigenvalue weighted by molar-refractivity contribution is 5.70. The van der Waals surface area contributed by atoms with Gasteiger partial charge in [-0.1, -0.05) is 0 Å². The summed E-state index contributed by atoms with van der Waals surface area (Å²) < 4.78 is 70.0. The molecule has 0 unspecified atom stereocenters. The molecule has 0 saturated heterocycles. The first-order chi connectivity index (χ1) is 13.3. The molecular weight excluding hydrogens is 272 g/mol. The van der Waals surface area contributed by atoms with E-state index in [2.05, 4.69) is 4.98 Å². The Balaban J connectivity index is 2.72. The van der Waals surface area contributed by atoms with Gasteiger partial charge in [-0.05, 0) is 33.1 Å². The Labute approximate surface area is 135 Å². The number of hydrogen-bond acceptors (Lipinski definition) is 4. The zero-order valence-electron chi connectivity index (χ0n) is 20.7. The van der Waals surface area contributed by atoms with Crippen molar-refractivity contribution in [2.75, 3.05) is 0 Å². The normalized spacial score (nSPS) is 22.7. The highest BCUT2D eigenvalue weighted by Crippen LogP contribution is 2.08. The fraction of sp³-hybridized carbons (Fsp3) is 0.643. The van der Waals surface area contributed by atoms with E-state index in [1.54, 1.807) is 0 Å². The predicted octanol–water partition coefficient (Wildman–Crippen LogP) is 0.293. The van der Waals surface area contributed by atoms with Crippen LogP contribution in [-0.4, -0.2) is 29.9 Å². The molecule has 116 valence electrons. The van der Waals surface area contributed by atoms with Crippen LogP contribution >= 0.6 is 0 Å². The van der Waals surface area contributed by atoms with E-state index in [-0.39, 0.29) is 16.8 Å². The second-order valence-electron chi connectivity index (χ2n) is 4.61. The zero-order chi connectivity index (χ0) is 23.4. The Morgan fingerprint density at radius 1 is 1.38 bits per heavy atom. The molecule has 0 aliphatic heterocycles. The molecule has 0 aliphatic carbocycles. The maximum atomic E-state index is 12.9. The van der Waals surface area contributed by atoms with Crippen LogP contribution in [0.5, 0.6) is 0 Å². The second-order valence-corrected chi connectivity index (χ2v) is 4.61. The molecule has 0 spiro atoms. The van der Waals surface area contributed by atoms with Gasteiger partial charge in [0.15, 0.2) is 11.2 Å². The summed E-state index contributed by atoms with van der Waals surface area (Å²) in [7, 11) is 0. The van der Waals surface area contributed by atoms with E-state index < -0.39 is 61.8 Å². The van der Waals surface area contributed by atoms with Crippen molar-refractivity contribution in [3.63, 3.8) is 0 Å². The minimum atomic E-state index is -3.06. The van der Waals surface area contributed by atoms with Gasteiger partial charge < -0.3 is 9.67 Å². The van der Waals surface area contributed by atoms with Crippen LogP contribution in [0.1, 0.15) is 44.3 Å². The van der Waals surface area contributed by atoms with Crippen LogP contribution in [0.25, 0.3) is 11.2 Å². The fourth-order valence-electron chi connectivity index (χ4n) is 1.99. The molecule has 0 amide bonds.